The van der Waals surface area contributed by atoms with Gasteiger partial charge in [0.25, 0.3) is 0 Å². The first-order valence-corrected chi connectivity index (χ1v) is 5.66. The van der Waals surface area contributed by atoms with Crippen molar-refractivity contribution in [2.24, 2.45) is 5.92 Å². The number of nitrogens with zero attached hydrogens (tertiary/aromatic N) is 3. The van der Waals surface area contributed by atoms with Crippen molar-refractivity contribution in [2.75, 3.05) is 13.2 Å². The molecule has 0 fully saturated rings. The van der Waals surface area contributed by atoms with E-state index in [1.54, 1.807) is 0 Å². The van der Waals surface area contributed by atoms with Crippen LogP contribution in [0.1, 0.15) is 27.2 Å². The minimum atomic E-state index is 0.0832. The molecule has 0 radical (unpaired) electrons. The smallest absolute Gasteiger partial charge is 0.323 e. The van der Waals surface area contributed by atoms with Gasteiger partial charge in [-0.2, -0.15) is 9.97 Å². The summed E-state index contributed by atoms with van der Waals surface area (Å²) in [5.41, 5.74) is 0. The van der Waals surface area contributed by atoms with E-state index in [1.165, 1.54) is 0 Å². The van der Waals surface area contributed by atoms with Crippen molar-refractivity contribution >= 4 is 11.6 Å². The van der Waals surface area contributed by atoms with Gasteiger partial charge in [-0.25, -0.2) is 0 Å². The van der Waals surface area contributed by atoms with Gasteiger partial charge in [0.1, 0.15) is 0 Å². The van der Waals surface area contributed by atoms with Crippen LogP contribution >= 0.6 is 11.6 Å². The maximum absolute atomic E-state index is 5.72. The molecule has 0 amide bonds. The summed E-state index contributed by atoms with van der Waals surface area (Å²) in [6.45, 7) is 7.16. The van der Waals surface area contributed by atoms with Crippen LogP contribution in [0, 0.1) is 5.92 Å². The first-order valence-electron chi connectivity index (χ1n) is 5.29. The van der Waals surface area contributed by atoms with Crippen molar-refractivity contribution in [3.05, 3.63) is 5.28 Å². The molecule has 1 heterocycles. The lowest BCUT2D eigenvalue weighted by Crippen LogP contribution is -2.09. The van der Waals surface area contributed by atoms with Crippen LogP contribution < -0.4 is 9.47 Å². The van der Waals surface area contributed by atoms with E-state index in [4.69, 9.17) is 21.1 Å². The molecule has 1 aromatic rings. The SMILES string of the molecule is CCCOc1nc(Cl)nc(OCC(C)C)n1. The Morgan fingerprint density at radius 3 is 2.31 bits per heavy atom. The molecule has 0 N–H and O–H groups in total. The van der Waals surface area contributed by atoms with Gasteiger partial charge in [-0.15, -0.1) is 4.98 Å². The fourth-order valence-electron chi connectivity index (χ4n) is 0.878. The van der Waals surface area contributed by atoms with E-state index in [-0.39, 0.29) is 17.3 Å². The van der Waals surface area contributed by atoms with Crippen molar-refractivity contribution in [1.82, 2.24) is 15.0 Å². The topological polar surface area (TPSA) is 57.1 Å². The van der Waals surface area contributed by atoms with Gasteiger partial charge in [-0.05, 0) is 23.9 Å². The lowest BCUT2D eigenvalue weighted by atomic mass is 10.2. The number of halogens is 1. The van der Waals surface area contributed by atoms with Crippen molar-refractivity contribution in [2.45, 2.75) is 27.2 Å². The lowest BCUT2D eigenvalue weighted by molar-refractivity contribution is 0.237. The molecule has 0 saturated heterocycles. The molecular weight excluding hydrogens is 230 g/mol. The fourth-order valence-corrected chi connectivity index (χ4v) is 1.02. The van der Waals surface area contributed by atoms with Crippen molar-refractivity contribution in [3.63, 3.8) is 0 Å². The molecule has 0 spiro atoms. The molecule has 5 nitrogen and oxygen atoms in total. The Balaban J connectivity index is 2.65. The quantitative estimate of drug-likeness (QED) is 0.770. The summed E-state index contributed by atoms with van der Waals surface area (Å²) in [7, 11) is 0. The van der Waals surface area contributed by atoms with Gasteiger partial charge in [-0.1, -0.05) is 20.8 Å². The van der Waals surface area contributed by atoms with E-state index in [1.807, 2.05) is 20.8 Å². The van der Waals surface area contributed by atoms with Gasteiger partial charge < -0.3 is 9.47 Å². The second kappa shape index (κ2) is 6.48. The van der Waals surface area contributed by atoms with E-state index in [2.05, 4.69) is 15.0 Å². The van der Waals surface area contributed by atoms with Crippen molar-refractivity contribution in [3.8, 4) is 12.0 Å². The van der Waals surface area contributed by atoms with E-state index >= 15 is 0 Å². The predicted octanol–water partition coefficient (Wildman–Crippen LogP) is 2.35. The molecule has 0 aromatic carbocycles. The molecular formula is C10H16ClN3O2. The number of rotatable bonds is 6. The molecule has 0 unspecified atom stereocenters. The van der Waals surface area contributed by atoms with Crippen LogP contribution in [0.3, 0.4) is 0 Å². The van der Waals surface area contributed by atoms with Crippen LogP contribution in [0.25, 0.3) is 0 Å². The Bertz CT molecular complexity index is 334. The highest BCUT2D eigenvalue weighted by Gasteiger charge is 2.07. The molecule has 0 bridgehead atoms. The third kappa shape index (κ3) is 4.61. The highest BCUT2D eigenvalue weighted by molar-refractivity contribution is 6.28. The summed E-state index contributed by atoms with van der Waals surface area (Å²) in [5.74, 6) is 0.399. The normalized spacial score (nSPS) is 10.6. The zero-order valence-corrected chi connectivity index (χ0v) is 10.5. The first kappa shape index (κ1) is 13.0. The van der Waals surface area contributed by atoms with Crippen LogP contribution in [-0.4, -0.2) is 28.2 Å². The van der Waals surface area contributed by atoms with Gasteiger partial charge >= 0.3 is 12.0 Å². The fraction of sp³-hybridized carbons (Fsp3) is 0.700. The zero-order valence-electron chi connectivity index (χ0n) is 9.73. The average molecular weight is 246 g/mol. The van der Waals surface area contributed by atoms with Crippen molar-refractivity contribution in [1.29, 1.82) is 0 Å². The third-order valence-corrected chi connectivity index (χ3v) is 1.72. The minimum absolute atomic E-state index is 0.0832. The molecule has 0 aliphatic heterocycles. The predicted molar refractivity (Wildman–Crippen MR) is 61.0 cm³/mol. The van der Waals surface area contributed by atoms with Crippen LogP contribution in [-0.2, 0) is 0 Å². The largest absolute Gasteiger partial charge is 0.463 e. The van der Waals surface area contributed by atoms with E-state index in [0.29, 0.717) is 19.1 Å². The Kier molecular flexibility index (Phi) is 5.25. The van der Waals surface area contributed by atoms with Gasteiger partial charge in [0, 0.05) is 0 Å². The third-order valence-electron chi connectivity index (χ3n) is 1.55. The summed E-state index contributed by atoms with van der Waals surface area (Å²) in [6, 6.07) is 0.417. The zero-order chi connectivity index (χ0) is 12.0. The van der Waals surface area contributed by atoms with Crippen LogP contribution in [0.5, 0.6) is 12.0 Å². The highest BCUT2D eigenvalue weighted by Crippen LogP contribution is 2.13. The summed E-state index contributed by atoms with van der Waals surface area (Å²) in [5, 5.41) is 0.0832. The summed E-state index contributed by atoms with van der Waals surface area (Å²) in [6.07, 6.45) is 0.880. The highest BCUT2D eigenvalue weighted by atomic mass is 35.5. The number of hydrogen-bond donors (Lipinski definition) is 0. The average Bonchev–Trinajstić information content (AvgIpc) is 2.23. The Morgan fingerprint density at radius 2 is 1.75 bits per heavy atom. The number of ether oxygens (including phenoxy) is 2. The van der Waals surface area contributed by atoms with E-state index in [0.717, 1.165) is 6.42 Å². The Labute approximate surface area is 100 Å². The summed E-state index contributed by atoms with van der Waals surface area (Å²) >= 11 is 5.72. The maximum atomic E-state index is 5.72. The molecule has 6 heteroatoms. The summed E-state index contributed by atoms with van der Waals surface area (Å²) < 4.78 is 10.6. The summed E-state index contributed by atoms with van der Waals surface area (Å²) in [4.78, 5) is 11.7. The Hall–Kier alpha value is -1.10. The molecule has 0 saturated carbocycles. The standard InChI is InChI=1S/C10H16ClN3O2/c1-4-5-15-9-12-8(11)13-10(14-9)16-6-7(2)3/h7H,4-6H2,1-3H3. The van der Waals surface area contributed by atoms with Crippen LogP contribution in [0.4, 0.5) is 0 Å². The van der Waals surface area contributed by atoms with Crippen LogP contribution in [0.15, 0.2) is 0 Å². The minimum Gasteiger partial charge on any atom is -0.463 e. The lowest BCUT2D eigenvalue weighted by Gasteiger charge is -2.08. The molecule has 1 rings (SSSR count). The first-order chi connectivity index (χ1) is 7.61. The van der Waals surface area contributed by atoms with Crippen molar-refractivity contribution < 1.29 is 9.47 Å². The van der Waals surface area contributed by atoms with Crippen LogP contribution in [0.2, 0.25) is 5.28 Å². The maximum Gasteiger partial charge on any atom is 0.323 e. The molecule has 0 aliphatic carbocycles. The van der Waals surface area contributed by atoms with Gasteiger partial charge in [0.15, 0.2) is 0 Å². The molecule has 16 heavy (non-hydrogen) atoms. The monoisotopic (exact) mass is 245 g/mol. The Morgan fingerprint density at radius 1 is 1.12 bits per heavy atom. The van der Waals surface area contributed by atoms with Gasteiger partial charge in [0.2, 0.25) is 5.28 Å². The van der Waals surface area contributed by atoms with Gasteiger partial charge in [-0.3, -0.25) is 0 Å². The second-order valence-corrected chi connectivity index (χ2v) is 4.06. The van der Waals surface area contributed by atoms with E-state index < -0.39 is 0 Å². The molecule has 1 aromatic heterocycles. The molecule has 0 atom stereocenters. The second-order valence-electron chi connectivity index (χ2n) is 3.72. The van der Waals surface area contributed by atoms with Gasteiger partial charge in [0.05, 0.1) is 13.2 Å². The number of aromatic nitrogens is 3. The van der Waals surface area contributed by atoms with E-state index in [9.17, 15) is 0 Å². The number of hydrogen-bond acceptors (Lipinski definition) is 5. The molecule has 0 aliphatic rings. The molecule has 90 valence electrons.